The molecule has 3 aromatic heterocycles. The summed E-state index contributed by atoms with van der Waals surface area (Å²) in [4.78, 5) is 13.7. The smallest absolute Gasteiger partial charge is 0.225 e. The van der Waals surface area contributed by atoms with E-state index < -0.39 is 0 Å². The fourth-order valence-corrected chi connectivity index (χ4v) is 2.71. The molecule has 6 heteroatoms. The lowest BCUT2D eigenvalue weighted by molar-refractivity contribution is 0.292. The summed E-state index contributed by atoms with van der Waals surface area (Å²) in [5, 5.41) is 5.24. The maximum absolute atomic E-state index is 6.00. The van der Waals surface area contributed by atoms with Crippen LogP contribution in [0.5, 0.6) is 5.88 Å². The molecule has 0 radical (unpaired) electrons. The van der Waals surface area contributed by atoms with Crippen LogP contribution in [-0.2, 0) is 6.61 Å². The van der Waals surface area contributed by atoms with Gasteiger partial charge in [0.15, 0.2) is 5.65 Å². The molecule has 0 bridgehead atoms. The largest absolute Gasteiger partial charge is 0.471 e. The van der Waals surface area contributed by atoms with E-state index in [1.54, 1.807) is 6.20 Å². The van der Waals surface area contributed by atoms with Crippen LogP contribution in [0.4, 0.5) is 0 Å². The Bertz CT molecular complexity index is 1050. The number of benzene rings is 1. The molecule has 4 aromatic rings. The summed E-state index contributed by atoms with van der Waals surface area (Å²) in [6, 6.07) is 9.79. The van der Waals surface area contributed by atoms with Gasteiger partial charge in [0.25, 0.3) is 0 Å². The van der Waals surface area contributed by atoms with Crippen LogP contribution in [0, 0.1) is 20.8 Å². The minimum Gasteiger partial charge on any atom is -0.471 e. The Morgan fingerprint density at radius 3 is 2.58 bits per heavy atom. The fourth-order valence-electron chi connectivity index (χ4n) is 2.71. The van der Waals surface area contributed by atoms with Crippen molar-refractivity contribution in [1.82, 2.24) is 24.6 Å². The van der Waals surface area contributed by atoms with Crippen LogP contribution in [-0.4, -0.2) is 24.6 Å². The summed E-state index contributed by atoms with van der Waals surface area (Å²) < 4.78 is 7.81. The van der Waals surface area contributed by atoms with Crippen molar-refractivity contribution in [3.8, 4) is 5.88 Å². The second-order valence-electron chi connectivity index (χ2n) is 5.75. The third kappa shape index (κ3) is 2.36. The highest BCUT2D eigenvalue weighted by Crippen LogP contribution is 2.25. The lowest BCUT2D eigenvalue weighted by Gasteiger charge is -2.11. The Labute approximate surface area is 139 Å². The van der Waals surface area contributed by atoms with Crippen LogP contribution in [0.25, 0.3) is 16.6 Å². The predicted octanol–water partition coefficient (Wildman–Crippen LogP) is 3.18. The molecular formula is C18H17N5O. The first-order valence-corrected chi connectivity index (χ1v) is 7.79. The van der Waals surface area contributed by atoms with Crippen molar-refractivity contribution < 1.29 is 4.74 Å². The van der Waals surface area contributed by atoms with Gasteiger partial charge < -0.3 is 4.74 Å². The maximum atomic E-state index is 6.00. The number of aryl methyl sites for hydroxylation is 3. The average molecular weight is 319 g/mol. The molecule has 0 aliphatic heterocycles. The quantitative estimate of drug-likeness (QED) is 0.580. The van der Waals surface area contributed by atoms with Gasteiger partial charge in [0.05, 0.1) is 39.9 Å². The molecular weight excluding hydrogens is 302 g/mol. The zero-order valence-corrected chi connectivity index (χ0v) is 13.8. The molecule has 0 amide bonds. The van der Waals surface area contributed by atoms with E-state index in [9.17, 15) is 0 Å². The molecule has 120 valence electrons. The van der Waals surface area contributed by atoms with Gasteiger partial charge in [0, 0.05) is 6.07 Å². The van der Waals surface area contributed by atoms with Crippen molar-refractivity contribution in [3.63, 3.8) is 0 Å². The first-order valence-electron chi connectivity index (χ1n) is 7.79. The Hall–Kier alpha value is -3.02. The molecule has 6 nitrogen and oxygen atoms in total. The molecule has 0 spiro atoms. The second-order valence-corrected chi connectivity index (χ2v) is 5.75. The molecule has 24 heavy (non-hydrogen) atoms. The summed E-state index contributed by atoms with van der Waals surface area (Å²) in [7, 11) is 0. The molecule has 1 aromatic carbocycles. The normalized spacial score (nSPS) is 11.3. The van der Waals surface area contributed by atoms with Crippen molar-refractivity contribution in [2.75, 3.05) is 0 Å². The SMILES string of the molecule is Cc1nc(C)c(COc2nc3ccnn3c3ccccc23)nc1C. The number of ether oxygens (including phenoxy) is 1. The van der Waals surface area contributed by atoms with E-state index in [4.69, 9.17) is 4.74 Å². The number of aromatic nitrogens is 5. The summed E-state index contributed by atoms with van der Waals surface area (Å²) >= 11 is 0. The van der Waals surface area contributed by atoms with E-state index >= 15 is 0 Å². The molecule has 0 unspecified atom stereocenters. The minimum atomic E-state index is 0.335. The highest BCUT2D eigenvalue weighted by atomic mass is 16.5. The summed E-state index contributed by atoms with van der Waals surface area (Å²) in [6.07, 6.45) is 1.73. The predicted molar refractivity (Wildman–Crippen MR) is 91.1 cm³/mol. The van der Waals surface area contributed by atoms with Gasteiger partial charge in [-0.3, -0.25) is 9.97 Å². The number of para-hydroxylation sites is 1. The molecule has 3 heterocycles. The lowest BCUT2D eigenvalue weighted by atomic mass is 10.2. The number of hydrogen-bond acceptors (Lipinski definition) is 5. The minimum absolute atomic E-state index is 0.335. The number of hydrogen-bond donors (Lipinski definition) is 0. The van der Waals surface area contributed by atoms with Crippen molar-refractivity contribution in [3.05, 3.63) is 59.3 Å². The van der Waals surface area contributed by atoms with Crippen LogP contribution < -0.4 is 4.74 Å². The number of nitrogens with zero attached hydrogens (tertiary/aromatic N) is 5. The maximum Gasteiger partial charge on any atom is 0.225 e. The van der Waals surface area contributed by atoms with E-state index in [2.05, 4.69) is 20.1 Å². The molecule has 0 aliphatic carbocycles. The Kier molecular flexibility index (Phi) is 3.37. The fraction of sp³-hybridized carbons (Fsp3) is 0.222. The van der Waals surface area contributed by atoms with Crippen LogP contribution in [0.15, 0.2) is 36.5 Å². The van der Waals surface area contributed by atoms with Gasteiger partial charge in [0.1, 0.15) is 6.61 Å². The van der Waals surface area contributed by atoms with Crippen LogP contribution in [0.1, 0.15) is 22.8 Å². The van der Waals surface area contributed by atoms with Crippen LogP contribution >= 0.6 is 0 Å². The van der Waals surface area contributed by atoms with Gasteiger partial charge in [-0.25, -0.2) is 4.52 Å². The van der Waals surface area contributed by atoms with E-state index in [1.165, 1.54) is 0 Å². The van der Waals surface area contributed by atoms with Crippen LogP contribution in [0.3, 0.4) is 0 Å². The van der Waals surface area contributed by atoms with E-state index in [-0.39, 0.29) is 0 Å². The van der Waals surface area contributed by atoms with E-state index in [0.717, 1.165) is 39.3 Å². The van der Waals surface area contributed by atoms with Gasteiger partial charge in [0.2, 0.25) is 5.88 Å². The molecule has 0 fully saturated rings. The zero-order valence-electron chi connectivity index (χ0n) is 13.8. The summed E-state index contributed by atoms with van der Waals surface area (Å²) in [5.41, 5.74) is 5.30. The molecule has 4 rings (SSSR count). The van der Waals surface area contributed by atoms with Crippen molar-refractivity contribution in [1.29, 1.82) is 0 Å². The first-order chi connectivity index (χ1) is 11.6. The Morgan fingerprint density at radius 2 is 1.71 bits per heavy atom. The summed E-state index contributed by atoms with van der Waals surface area (Å²) in [5.74, 6) is 0.582. The molecule has 0 aliphatic rings. The molecule has 0 saturated carbocycles. The topological polar surface area (TPSA) is 65.2 Å². The van der Waals surface area contributed by atoms with Crippen LogP contribution in [0.2, 0.25) is 0 Å². The van der Waals surface area contributed by atoms with Gasteiger partial charge in [-0.1, -0.05) is 12.1 Å². The second kappa shape index (κ2) is 5.56. The van der Waals surface area contributed by atoms with Gasteiger partial charge in [-0.05, 0) is 32.9 Å². The third-order valence-corrected chi connectivity index (χ3v) is 4.13. The van der Waals surface area contributed by atoms with Gasteiger partial charge in [-0.15, -0.1) is 0 Å². The average Bonchev–Trinajstić information content (AvgIpc) is 3.05. The van der Waals surface area contributed by atoms with E-state index in [1.807, 2.05) is 55.6 Å². The number of fused-ring (bicyclic) bond motifs is 3. The lowest BCUT2D eigenvalue weighted by Crippen LogP contribution is -2.07. The van der Waals surface area contributed by atoms with Gasteiger partial charge >= 0.3 is 0 Å². The standard InChI is InChI=1S/C18H17N5O/c1-11-12(2)21-15(13(3)20-11)10-24-18-14-6-4-5-7-16(14)23-17(22-18)8-9-19-23/h4-9H,10H2,1-3H3. The van der Waals surface area contributed by atoms with Crippen molar-refractivity contribution >= 4 is 16.6 Å². The molecule has 0 atom stereocenters. The van der Waals surface area contributed by atoms with Crippen molar-refractivity contribution in [2.45, 2.75) is 27.4 Å². The third-order valence-electron chi connectivity index (χ3n) is 4.13. The monoisotopic (exact) mass is 319 g/mol. The Balaban J connectivity index is 1.75. The van der Waals surface area contributed by atoms with Gasteiger partial charge in [-0.2, -0.15) is 10.1 Å². The molecule has 0 N–H and O–H groups in total. The molecule has 0 saturated heterocycles. The highest BCUT2D eigenvalue weighted by molar-refractivity contribution is 5.85. The Morgan fingerprint density at radius 1 is 0.917 bits per heavy atom. The number of rotatable bonds is 3. The highest BCUT2D eigenvalue weighted by Gasteiger charge is 2.12. The van der Waals surface area contributed by atoms with Crippen molar-refractivity contribution in [2.24, 2.45) is 0 Å². The summed E-state index contributed by atoms with van der Waals surface area (Å²) in [6.45, 7) is 6.20. The van der Waals surface area contributed by atoms with E-state index in [0.29, 0.717) is 12.5 Å². The first kappa shape index (κ1) is 14.6. The zero-order chi connectivity index (χ0) is 16.7.